The highest BCUT2D eigenvalue weighted by molar-refractivity contribution is 5.71. The molecular weight excluding hydrogens is 525 g/mol. The van der Waals surface area contributed by atoms with E-state index in [4.69, 9.17) is 0 Å². The van der Waals surface area contributed by atoms with Crippen LogP contribution in [0.3, 0.4) is 0 Å². The Morgan fingerprint density at radius 1 is 0.667 bits per heavy atom. The Hall–Kier alpha value is -2.81. The fourth-order valence-electron chi connectivity index (χ4n) is 6.56. The molecule has 4 rings (SSSR count). The molecule has 3 aromatic carbocycles. The second-order valence-corrected chi connectivity index (χ2v) is 12.3. The molecule has 3 aromatic rings. The van der Waals surface area contributed by atoms with Gasteiger partial charge in [-0.2, -0.15) is 0 Å². The van der Waals surface area contributed by atoms with Crippen molar-refractivity contribution in [1.29, 1.82) is 0 Å². The summed E-state index contributed by atoms with van der Waals surface area (Å²) in [7, 11) is 0. The van der Waals surface area contributed by atoms with E-state index in [1.165, 1.54) is 64.2 Å². The molecular formula is C39H49F3. The van der Waals surface area contributed by atoms with Gasteiger partial charge in [-0.05, 0) is 90.7 Å². The smallest absolute Gasteiger partial charge is 0.166 e. The Bertz CT molecular complexity index is 1270. The van der Waals surface area contributed by atoms with Gasteiger partial charge in [0.1, 0.15) is 5.82 Å². The van der Waals surface area contributed by atoms with E-state index in [0.29, 0.717) is 29.9 Å². The van der Waals surface area contributed by atoms with E-state index in [0.717, 1.165) is 41.9 Å². The molecule has 0 aliphatic heterocycles. The van der Waals surface area contributed by atoms with Crippen LogP contribution in [-0.2, 0) is 6.42 Å². The molecule has 0 heterocycles. The van der Waals surface area contributed by atoms with Crippen LogP contribution in [0, 0.1) is 23.4 Å². The van der Waals surface area contributed by atoms with E-state index in [2.05, 4.69) is 6.92 Å². The summed E-state index contributed by atoms with van der Waals surface area (Å²) in [6.45, 7) is 4.31. The maximum atomic E-state index is 15.3. The quantitative estimate of drug-likeness (QED) is 0.125. The lowest BCUT2D eigenvalue weighted by molar-refractivity contribution is 0.298. The summed E-state index contributed by atoms with van der Waals surface area (Å²) in [4.78, 5) is 0. The van der Waals surface area contributed by atoms with E-state index in [9.17, 15) is 8.78 Å². The zero-order valence-electron chi connectivity index (χ0n) is 25.7. The zero-order chi connectivity index (χ0) is 29.7. The standard InChI is InChI=1S/C39H49F3/c1-3-5-7-9-10-11-12-14-29-16-18-31(19-17-29)35-26-25-34(28-37(35)40)30-20-22-32(23-21-30)36-27-24-33(38(41)39(36)42)15-13-8-6-4-2/h6,8,20-29,31H,3-5,7,9-19H2,1-2H3/b8-6+. The molecule has 0 radical (unpaired) electrons. The van der Waals surface area contributed by atoms with Gasteiger partial charge in [0.15, 0.2) is 11.6 Å². The summed E-state index contributed by atoms with van der Waals surface area (Å²) < 4.78 is 45.0. The number of allylic oxidation sites excluding steroid dienone is 2. The van der Waals surface area contributed by atoms with Crippen molar-refractivity contribution < 1.29 is 13.2 Å². The van der Waals surface area contributed by atoms with Crippen molar-refractivity contribution in [3.63, 3.8) is 0 Å². The van der Waals surface area contributed by atoms with Crippen molar-refractivity contribution in [2.24, 2.45) is 5.92 Å². The van der Waals surface area contributed by atoms with Crippen molar-refractivity contribution in [3.05, 3.63) is 95.3 Å². The van der Waals surface area contributed by atoms with Gasteiger partial charge >= 0.3 is 0 Å². The van der Waals surface area contributed by atoms with Crippen LogP contribution in [0.1, 0.15) is 121 Å². The third-order valence-electron chi connectivity index (χ3n) is 9.18. The summed E-state index contributed by atoms with van der Waals surface area (Å²) in [5.74, 6) is -0.617. The van der Waals surface area contributed by atoms with Crippen LogP contribution in [0.2, 0.25) is 0 Å². The predicted octanol–water partition coefficient (Wildman–Crippen LogP) is 12.8. The lowest BCUT2D eigenvalue weighted by atomic mass is 9.76. The number of hydrogen-bond donors (Lipinski definition) is 0. The van der Waals surface area contributed by atoms with Gasteiger partial charge < -0.3 is 0 Å². The van der Waals surface area contributed by atoms with Gasteiger partial charge in [-0.1, -0.05) is 126 Å². The summed E-state index contributed by atoms with van der Waals surface area (Å²) >= 11 is 0. The van der Waals surface area contributed by atoms with E-state index < -0.39 is 11.6 Å². The topological polar surface area (TPSA) is 0 Å². The first-order valence-corrected chi connectivity index (χ1v) is 16.5. The first-order chi connectivity index (χ1) is 20.5. The van der Waals surface area contributed by atoms with Crippen molar-refractivity contribution in [2.45, 2.75) is 116 Å². The van der Waals surface area contributed by atoms with Crippen LogP contribution < -0.4 is 0 Å². The number of aryl methyl sites for hydroxylation is 1. The Labute approximate surface area is 252 Å². The van der Waals surface area contributed by atoms with Crippen LogP contribution in [0.5, 0.6) is 0 Å². The lowest BCUT2D eigenvalue weighted by Gasteiger charge is -2.29. The van der Waals surface area contributed by atoms with E-state index in [-0.39, 0.29) is 11.4 Å². The fourth-order valence-corrected chi connectivity index (χ4v) is 6.56. The monoisotopic (exact) mass is 574 g/mol. The average molecular weight is 575 g/mol. The normalized spacial score (nSPS) is 17.3. The number of hydrogen-bond acceptors (Lipinski definition) is 0. The molecule has 0 atom stereocenters. The second-order valence-electron chi connectivity index (χ2n) is 12.3. The minimum atomic E-state index is -0.813. The molecule has 0 N–H and O–H groups in total. The van der Waals surface area contributed by atoms with Crippen LogP contribution in [0.25, 0.3) is 22.3 Å². The highest BCUT2D eigenvalue weighted by Crippen LogP contribution is 2.39. The fraction of sp³-hybridized carbons (Fsp3) is 0.487. The third-order valence-corrected chi connectivity index (χ3v) is 9.18. The summed E-state index contributed by atoms with van der Waals surface area (Å²) in [5.41, 5.74) is 3.76. The number of unbranched alkanes of at least 4 members (excludes halogenated alkanes) is 6. The van der Waals surface area contributed by atoms with E-state index >= 15 is 4.39 Å². The van der Waals surface area contributed by atoms with Gasteiger partial charge in [-0.3, -0.25) is 0 Å². The average Bonchev–Trinajstić information content (AvgIpc) is 3.01. The SMILES string of the molecule is CC/C=C/CCc1ccc(-c2ccc(-c3ccc(C4CCC(CCCCCCCCC)CC4)c(F)c3)cc2)c(F)c1F. The van der Waals surface area contributed by atoms with Gasteiger partial charge in [0.05, 0.1) is 0 Å². The van der Waals surface area contributed by atoms with E-state index in [1.54, 1.807) is 30.3 Å². The van der Waals surface area contributed by atoms with Crippen molar-refractivity contribution in [2.75, 3.05) is 0 Å². The molecule has 1 fully saturated rings. The van der Waals surface area contributed by atoms with Crippen molar-refractivity contribution in [3.8, 4) is 22.3 Å². The van der Waals surface area contributed by atoms with Gasteiger partial charge in [0.25, 0.3) is 0 Å². The Kier molecular flexibility index (Phi) is 12.8. The summed E-state index contributed by atoms with van der Waals surface area (Å²) in [6.07, 6.45) is 21.5. The predicted molar refractivity (Wildman–Crippen MR) is 172 cm³/mol. The van der Waals surface area contributed by atoms with Crippen LogP contribution in [0.4, 0.5) is 13.2 Å². The highest BCUT2D eigenvalue weighted by atomic mass is 19.2. The molecule has 226 valence electrons. The lowest BCUT2D eigenvalue weighted by Crippen LogP contribution is -2.14. The molecule has 1 aliphatic carbocycles. The minimum absolute atomic E-state index is 0.135. The second kappa shape index (κ2) is 16.7. The largest absolute Gasteiger partial charge is 0.207 e. The maximum Gasteiger partial charge on any atom is 0.166 e. The highest BCUT2D eigenvalue weighted by Gasteiger charge is 2.24. The molecule has 0 spiro atoms. The first kappa shape index (κ1) is 32.1. The Balaban J connectivity index is 1.31. The number of rotatable bonds is 15. The van der Waals surface area contributed by atoms with Crippen LogP contribution in [-0.4, -0.2) is 0 Å². The van der Waals surface area contributed by atoms with Crippen LogP contribution >= 0.6 is 0 Å². The molecule has 42 heavy (non-hydrogen) atoms. The van der Waals surface area contributed by atoms with Crippen molar-refractivity contribution in [1.82, 2.24) is 0 Å². The van der Waals surface area contributed by atoms with E-state index in [1.807, 2.05) is 43.3 Å². The summed E-state index contributed by atoms with van der Waals surface area (Å²) in [5, 5.41) is 0. The molecule has 0 unspecified atom stereocenters. The van der Waals surface area contributed by atoms with Crippen LogP contribution in [0.15, 0.2) is 66.7 Å². The van der Waals surface area contributed by atoms with Crippen molar-refractivity contribution >= 4 is 0 Å². The number of halogens is 3. The minimum Gasteiger partial charge on any atom is -0.207 e. The molecule has 0 amide bonds. The maximum absolute atomic E-state index is 15.3. The number of benzene rings is 3. The molecule has 0 aromatic heterocycles. The van der Waals surface area contributed by atoms with Gasteiger partial charge in [0.2, 0.25) is 0 Å². The van der Waals surface area contributed by atoms with Gasteiger partial charge in [-0.15, -0.1) is 0 Å². The Morgan fingerprint density at radius 3 is 2.02 bits per heavy atom. The molecule has 0 nitrogen and oxygen atoms in total. The molecule has 1 saturated carbocycles. The molecule has 1 aliphatic rings. The Morgan fingerprint density at radius 2 is 1.33 bits per heavy atom. The molecule has 3 heteroatoms. The van der Waals surface area contributed by atoms with Gasteiger partial charge in [-0.25, -0.2) is 13.2 Å². The first-order valence-electron chi connectivity index (χ1n) is 16.5. The third kappa shape index (κ3) is 8.85. The zero-order valence-corrected chi connectivity index (χ0v) is 25.7. The molecule has 0 saturated heterocycles. The molecule has 0 bridgehead atoms. The summed E-state index contributed by atoms with van der Waals surface area (Å²) in [6, 6.07) is 16.2. The van der Waals surface area contributed by atoms with Gasteiger partial charge in [0, 0.05) is 5.56 Å².